The van der Waals surface area contributed by atoms with Crippen LogP contribution in [0.3, 0.4) is 0 Å². The molecule has 0 aliphatic carbocycles. The van der Waals surface area contributed by atoms with E-state index in [1.807, 2.05) is 34.7 Å². The van der Waals surface area contributed by atoms with Gasteiger partial charge in [-0.2, -0.15) is 0 Å². The Hall–Kier alpha value is -6.42. The lowest BCUT2D eigenvalue weighted by Gasteiger charge is -2.17. The number of carbonyl (C=O) groups excluding carboxylic acids is 1. The molecule has 1 amide bonds. The molecule has 2 N–H and O–H groups in total. The van der Waals surface area contributed by atoms with Crippen LogP contribution in [0, 0.1) is 7.14 Å². The highest BCUT2D eigenvalue weighted by molar-refractivity contribution is 14.1. The highest BCUT2D eigenvalue weighted by Gasteiger charge is 2.24. The Kier molecular flexibility index (Phi) is 16.7. The van der Waals surface area contributed by atoms with Crippen LogP contribution in [-0.2, 0) is 26.2 Å². The van der Waals surface area contributed by atoms with E-state index in [9.17, 15) is 33.9 Å². The second-order valence-corrected chi connectivity index (χ2v) is 15.7. The minimum absolute atomic E-state index is 0.00333. The predicted molar refractivity (Wildman–Crippen MR) is 253 cm³/mol. The van der Waals surface area contributed by atoms with Gasteiger partial charge in [-0.3, -0.25) is 32.7 Å². The number of hydrogen-bond donors (Lipinski definition) is 2. The number of ether oxygens (including phenoxy) is 4. The fourth-order valence-electron chi connectivity index (χ4n) is 6.24. The summed E-state index contributed by atoms with van der Waals surface area (Å²) in [5.74, 6) is 0.792. The van der Waals surface area contributed by atoms with Gasteiger partial charge in [-0.15, -0.1) is 6.58 Å². The maximum absolute atomic E-state index is 13.5. The molecule has 0 atom stereocenters. The summed E-state index contributed by atoms with van der Waals surface area (Å²) in [5, 5.41) is 12.3. The van der Waals surface area contributed by atoms with E-state index in [-0.39, 0.29) is 51.3 Å². The number of rotatable bonds is 16. The van der Waals surface area contributed by atoms with E-state index >= 15 is 0 Å². The van der Waals surface area contributed by atoms with Crippen molar-refractivity contribution in [1.82, 2.24) is 23.6 Å². The number of halogens is 2. The Bertz CT molecular complexity index is 2830. The monoisotopic (exact) mass is 1080 g/mol. The molecule has 63 heavy (non-hydrogen) atoms. The molecule has 328 valence electrons. The molecule has 0 fully saturated rings. The van der Waals surface area contributed by atoms with Gasteiger partial charge in [-0.1, -0.05) is 54.6 Å². The number of methoxy groups -OCH3 is 4. The van der Waals surface area contributed by atoms with Gasteiger partial charge in [-0.05, 0) is 116 Å². The summed E-state index contributed by atoms with van der Waals surface area (Å²) in [6.45, 7) is 3.99. The van der Waals surface area contributed by atoms with Gasteiger partial charge in [0, 0.05) is 6.54 Å². The third kappa shape index (κ3) is 11.5. The average Bonchev–Trinajstić information content (AvgIpc) is 3.30. The fourth-order valence-corrected chi connectivity index (χ4v) is 7.88. The van der Waals surface area contributed by atoms with Gasteiger partial charge in [0.2, 0.25) is 0 Å². The van der Waals surface area contributed by atoms with E-state index < -0.39 is 34.4 Å². The molecule has 0 aliphatic rings. The van der Waals surface area contributed by atoms with Crippen LogP contribution >= 0.6 is 45.2 Å². The van der Waals surface area contributed by atoms with E-state index in [4.69, 9.17) is 18.9 Å². The average molecular weight is 1080 g/mol. The molecule has 0 aliphatic heterocycles. The zero-order chi connectivity index (χ0) is 45.8. The number of aromatic nitrogens is 4. The van der Waals surface area contributed by atoms with E-state index in [2.05, 4.69) is 11.9 Å². The zero-order valence-electron chi connectivity index (χ0n) is 34.6. The summed E-state index contributed by atoms with van der Waals surface area (Å²) in [7, 11) is 6.22. The Balaban J connectivity index is 0.000000239. The van der Waals surface area contributed by atoms with E-state index in [0.717, 1.165) is 24.8 Å². The number of amides is 1. The Labute approximate surface area is 388 Å². The van der Waals surface area contributed by atoms with Crippen molar-refractivity contribution < 1.29 is 33.6 Å². The van der Waals surface area contributed by atoms with Crippen LogP contribution in [0.15, 0.2) is 129 Å². The lowest BCUT2D eigenvalue weighted by molar-refractivity contribution is 0.0680. The van der Waals surface area contributed by atoms with Gasteiger partial charge >= 0.3 is 17.3 Å². The fraction of sp³-hybridized carbons (Fsp3) is 0.200. The molecule has 2 aromatic heterocycles. The molecule has 2 heterocycles. The number of nitrogens with zero attached hydrogens (tertiary/aromatic N) is 4. The molecular weight excluding hydrogens is 1040 g/mol. The van der Waals surface area contributed by atoms with Crippen molar-refractivity contribution in [2.45, 2.75) is 26.2 Å². The number of hydrogen-bond acceptors (Lipinski definition) is 10. The van der Waals surface area contributed by atoms with Crippen molar-refractivity contribution in [3.8, 4) is 23.0 Å². The molecule has 16 nitrogen and oxygen atoms in total. The molecule has 4 aromatic carbocycles. The third-order valence-corrected chi connectivity index (χ3v) is 11.5. The first-order valence-corrected chi connectivity index (χ1v) is 21.1. The molecule has 6 aromatic rings. The number of nitrogens with one attached hydrogen (secondary N) is 1. The molecule has 6 rings (SSSR count). The first-order valence-electron chi connectivity index (χ1n) is 18.9. The number of carboxylic acids is 1. The Morgan fingerprint density at radius 2 is 0.825 bits per heavy atom. The van der Waals surface area contributed by atoms with Crippen LogP contribution in [0.1, 0.15) is 43.2 Å². The third-order valence-electron chi connectivity index (χ3n) is 9.57. The standard InChI is InChI=1S/C24H24IN3O5.C21H19IN2O6/c1-4-13-26-22(29)21-20(25)23(30)28(15-17-7-11-19(33-3)12-8-17)24(31)27(21)14-16-5-9-18(32-2)10-6-16;1-29-15-7-3-13(4-8-15)11-23-18(20(26)27)17(22)19(25)24(21(23)28)12-14-5-9-16(30-2)10-6-14/h4-12H,1,13-15H2,2-3H3,(H,26,29);3-10H,11-12H2,1-2H3,(H,26,27). The first kappa shape index (κ1) is 47.6. The molecule has 0 radical (unpaired) electrons. The van der Waals surface area contributed by atoms with Crippen molar-refractivity contribution in [2.75, 3.05) is 35.0 Å². The van der Waals surface area contributed by atoms with Crippen LogP contribution in [-0.4, -0.2) is 70.2 Å². The molecule has 0 unspecified atom stereocenters. The minimum Gasteiger partial charge on any atom is -0.497 e. The van der Waals surface area contributed by atoms with E-state index in [1.54, 1.807) is 136 Å². The summed E-state index contributed by atoms with van der Waals surface area (Å²) in [6.07, 6.45) is 1.53. The van der Waals surface area contributed by atoms with Crippen molar-refractivity contribution >= 4 is 57.1 Å². The highest BCUT2D eigenvalue weighted by atomic mass is 127. The number of aromatic carboxylic acids is 1. The normalized spacial score (nSPS) is 10.6. The van der Waals surface area contributed by atoms with Gasteiger partial charge in [0.25, 0.3) is 17.0 Å². The lowest BCUT2D eigenvalue weighted by Crippen LogP contribution is -2.46. The predicted octanol–water partition coefficient (Wildman–Crippen LogP) is 5.07. The van der Waals surface area contributed by atoms with E-state index in [1.165, 1.54) is 10.6 Å². The van der Waals surface area contributed by atoms with E-state index in [0.29, 0.717) is 34.1 Å². The van der Waals surface area contributed by atoms with Gasteiger partial charge in [-0.25, -0.2) is 14.4 Å². The van der Waals surface area contributed by atoms with Gasteiger partial charge in [0.05, 0.1) is 54.6 Å². The number of carbonyl (C=O) groups is 2. The maximum Gasteiger partial charge on any atom is 0.354 e. The molecular formula is C45H43I2N5O11. The Morgan fingerprint density at radius 3 is 1.11 bits per heavy atom. The second kappa shape index (κ2) is 22.1. The topological polar surface area (TPSA) is 191 Å². The smallest absolute Gasteiger partial charge is 0.354 e. The van der Waals surface area contributed by atoms with Crippen LogP contribution < -0.4 is 46.8 Å². The van der Waals surface area contributed by atoms with Gasteiger partial charge in [0.1, 0.15) is 35.8 Å². The van der Waals surface area contributed by atoms with Crippen molar-refractivity contribution in [1.29, 1.82) is 0 Å². The van der Waals surface area contributed by atoms with Crippen molar-refractivity contribution in [3.05, 3.63) is 192 Å². The zero-order valence-corrected chi connectivity index (χ0v) is 38.9. The lowest BCUT2D eigenvalue weighted by atomic mass is 10.2. The highest BCUT2D eigenvalue weighted by Crippen LogP contribution is 2.18. The van der Waals surface area contributed by atoms with Crippen molar-refractivity contribution in [3.63, 3.8) is 0 Å². The summed E-state index contributed by atoms with van der Waals surface area (Å²) in [5.41, 5.74) is 0.218. The molecule has 0 saturated heterocycles. The van der Waals surface area contributed by atoms with Crippen LogP contribution in [0.2, 0.25) is 0 Å². The molecule has 18 heteroatoms. The van der Waals surface area contributed by atoms with Crippen LogP contribution in [0.25, 0.3) is 0 Å². The van der Waals surface area contributed by atoms with Crippen LogP contribution in [0.4, 0.5) is 0 Å². The maximum atomic E-state index is 13.5. The first-order chi connectivity index (χ1) is 30.2. The summed E-state index contributed by atoms with van der Waals surface area (Å²) in [4.78, 5) is 77.2. The second-order valence-electron chi connectivity index (χ2n) is 13.5. The largest absolute Gasteiger partial charge is 0.497 e. The SMILES string of the molecule is C=CCNC(=O)c1c(I)c(=O)n(Cc2ccc(OC)cc2)c(=O)n1Cc1ccc(OC)cc1.COc1ccc(Cn2c(C(=O)O)c(I)c(=O)n(Cc3ccc(OC)cc3)c2=O)cc1. The molecule has 0 saturated carbocycles. The molecule has 0 bridgehead atoms. The number of carboxylic acid groups (broad SMARTS) is 1. The summed E-state index contributed by atoms with van der Waals surface area (Å²) < 4.78 is 25.3. The van der Waals surface area contributed by atoms with Gasteiger partial charge in [0.15, 0.2) is 5.69 Å². The minimum atomic E-state index is -1.33. The van der Waals surface area contributed by atoms with Gasteiger partial charge < -0.3 is 29.4 Å². The number of benzene rings is 4. The summed E-state index contributed by atoms with van der Waals surface area (Å²) in [6, 6.07) is 28.1. The summed E-state index contributed by atoms with van der Waals surface area (Å²) >= 11 is 3.51. The van der Waals surface area contributed by atoms with Crippen molar-refractivity contribution in [2.24, 2.45) is 0 Å². The Morgan fingerprint density at radius 1 is 0.540 bits per heavy atom. The quantitative estimate of drug-likeness (QED) is 0.0973. The molecule has 0 spiro atoms. The van der Waals surface area contributed by atoms with Crippen LogP contribution in [0.5, 0.6) is 23.0 Å².